The minimum absolute atomic E-state index is 0.00472. The molecule has 17 heavy (non-hydrogen) atoms. The van der Waals surface area contributed by atoms with E-state index in [4.69, 9.17) is 0 Å². The molecule has 1 saturated heterocycles. The fraction of sp³-hybridized carbons (Fsp3) is 0.583. The molecular weight excluding hydrogens is 218 g/mol. The van der Waals surface area contributed by atoms with Crippen molar-refractivity contribution in [2.45, 2.75) is 38.3 Å². The van der Waals surface area contributed by atoms with Crippen LogP contribution in [0.2, 0.25) is 0 Å². The van der Waals surface area contributed by atoms with E-state index < -0.39 is 5.97 Å². The number of piperidine rings is 1. The third kappa shape index (κ3) is 2.61. The number of nitrogens with zero attached hydrogens (tertiary/aromatic N) is 3. The quantitative estimate of drug-likeness (QED) is 0.859. The number of likely N-dealkylation sites (tertiary alicyclic amines) is 1. The number of hydrogen-bond acceptors (Lipinski definition) is 4. The van der Waals surface area contributed by atoms with Gasteiger partial charge in [-0.3, -0.25) is 19.7 Å². The van der Waals surface area contributed by atoms with Gasteiger partial charge in [0.15, 0.2) is 0 Å². The van der Waals surface area contributed by atoms with E-state index in [0.29, 0.717) is 0 Å². The van der Waals surface area contributed by atoms with Crippen molar-refractivity contribution < 1.29 is 9.90 Å². The predicted octanol–water partition coefficient (Wildman–Crippen LogP) is 1.48. The lowest BCUT2D eigenvalue weighted by molar-refractivity contribution is -0.145. The molecule has 5 nitrogen and oxygen atoms in total. The molecule has 0 aromatic carbocycles. The SMILES string of the molecule is C[C@@H](c1cnccn1)N1CCCC[C@H]1C(=O)O. The van der Waals surface area contributed by atoms with Gasteiger partial charge in [0.2, 0.25) is 0 Å². The van der Waals surface area contributed by atoms with E-state index in [1.54, 1.807) is 18.6 Å². The van der Waals surface area contributed by atoms with Gasteiger partial charge in [0.25, 0.3) is 0 Å². The Morgan fingerprint density at radius 2 is 2.35 bits per heavy atom. The van der Waals surface area contributed by atoms with Gasteiger partial charge in [-0.15, -0.1) is 0 Å². The van der Waals surface area contributed by atoms with Crippen LogP contribution < -0.4 is 0 Å². The van der Waals surface area contributed by atoms with Crippen molar-refractivity contribution in [2.75, 3.05) is 6.54 Å². The molecule has 2 rings (SSSR count). The van der Waals surface area contributed by atoms with Gasteiger partial charge in [-0.05, 0) is 26.3 Å². The molecule has 1 aromatic rings. The number of aromatic nitrogens is 2. The second kappa shape index (κ2) is 5.23. The zero-order chi connectivity index (χ0) is 12.3. The molecule has 0 unspecified atom stereocenters. The summed E-state index contributed by atoms with van der Waals surface area (Å²) in [6, 6.07) is -0.383. The summed E-state index contributed by atoms with van der Waals surface area (Å²) < 4.78 is 0. The topological polar surface area (TPSA) is 66.3 Å². The Kier molecular flexibility index (Phi) is 3.68. The van der Waals surface area contributed by atoms with Crippen molar-refractivity contribution in [2.24, 2.45) is 0 Å². The summed E-state index contributed by atoms with van der Waals surface area (Å²) in [5, 5.41) is 9.23. The monoisotopic (exact) mass is 235 g/mol. The van der Waals surface area contributed by atoms with E-state index in [-0.39, 0.29) is 12.1 Å². The third-order valence-corrected chi connectivity index (χ3v) is 3.34. The minimum atomic E-state index is -0.736. The summed E-state index contributed by atoms with van der Waals surface area (Å²) in [7, 11) is 0. The van der Waals surface area contributed by atoms with Crippen LogP contribution in [-0.4, -0.2) is 38.5 Å². The number of carboxylic acids is 1. The molecule has 0 saturated carbocycles. The first-order valence-electron chi connectivity index (χ1n) is 5.94. The highest BCUT2D eigenvalue weighted by molar-refractivity contribution is 5.73. The lowest BCUT2D eigenvalue weighted by atomic mass is 9.99. The van der Waals surface area contributed by atoms with E-state index in [9.17, 15) is 9.90 Å². The van der Waals surface area contributed by atoms with Crippen molar-refractivity contribution in [3.05, 3.63) is 24.3 Å². The molecule has 1 aromatic heterocycles. The zero-order valence-corrected chi connectivity index (χ0v) is 9.91. The van der Waals surface area contributed by atoms with E-state index in [0.717, 1.165) is 31.5 Å². The van der Waals surface area contributed by atoms with Crippen LogP contribution in [0.4, 0.5) is 0 Å². The maximum Gasteiger partial charge on any atom is 0.320 e. The van der Waals surface area contributed by atoms with Gasteiger partial charge in [0.05, 0.1) is 11.7 Å². The van der Waals surface area contributed by atoms with Crippen molar-refractivity contribution in [3.8, 4) is 0 Å². The lowest BCUT2D eigenvalue weighted by Gasteiger charge is -2.37. The van der Waals surface area contributed by atoms with E-state index in [2.05, 4.69) is 9.97 Å². The van der Waals surface area contributed by atoms with Gasteiger partial charge in [-0.25, -0.2) is 0 Å². The predicted molar refractivity (Wildman–Crippen MR) is 62.4 cm³/mol. The van der Waals surface area contributed by atoms with Crippen molar-refractivity contribution in [3.63, 3.8) is 0 Å². The Morgan fingerprint density at radius 3 is 3.00 bits per heavy atom. The highest BCUT2D eigenvalue weighted by Gasteiger charge is 2.32. The molecule has 0 amide bonds. The Labute approximate surface area is 100 Å². The van der Waals surface area contributed by atoms with Gasteiger partial charge in [0.1, 0.15) is 6.04 Å². The zero-order valence-electron chi connectivity index (χ0n) is 9.91. The summed E-state index contributed by atoms with van der Waals surface area (Å²) in [4.78, 5) is 21.5. The van der Waals surface area contributed by atoms with Crippen LogP contribution in [0.5, 0.6) is 0 Å². The van der Waals surface area contributed by atoms with Crippen molar-refractivity contribution >= 4 is 5.97 Å². The molecule has 1 fully saturated rings. The third-order valence-electron chi connectivity index (χ3n) is 3.34. The molecule has 0 bridgehead atoms. The van der Waals surface area contributed by atoms with Gasteiger partial charge >= 0.3 is 5.97 Å². The first-order valence-corrected chi connectivity index (χ1v) is 5.94. The fourth-order valence-electron chi connectivity index (χ4n) is 2.38. The largest absolute Gasteiger partial charge is 0.480 e. The number of carbonyl (C=O) groups is 1. The number of hydrogen-bond donors (Lipinski definition) is 1. The van der Waals surface area contributed by atoms with Gasteiger partial charge < -0.3 is 5.11 Å². The Bertz CT molecular complexity index is 383. The molecule has 2 atom stereocenters. The highest BCUT2D eigenvalue weighted by atomic mass is 16.4. The van der Waals surface area contributed by atoms with Crippen LogP contribution in [0.1, 0.15) is 37.9 Å². The smallest absolute Gasteiger partial charge is 0.320 e. The maximum absolute atomic E-state index is 11.2. The first-order chi connectivity index (χ1) is 8.20. The molecule has 0 spiro atoms. The standard InChI is InChI=1S/C12H17N3O2/c1-9(10-8-13-5-6-14-10)15-7-3-2-4-11(15)12(16)17/h5-6,8-9,11H,2-4,7H2,1H3,(H,16,17)/t9-,11-/m0/s1. The molecule has 1 aliphatic heterocycles. The summed E-state index contributed by atoms with van der Waals surface area (Å²) >= 11 is 0. The average molecular weight is 235 g/mol. The number of aliphatic carboxylic acids is 1. The Hall–Kier alpha value is -1.49. The second-order valence-electron chi connectivity index (χ2n) is 4.39. The van der Waals surface area contributed by atoms with Crippen molar-refractivity contribution in [1.82, 2.24) is 14.9 Å². The number of rotatable bonds is 3. The first kappa shape index (κ1) is 12.0. The van der Waals surface area contributed by atoms with Crippen LogP contribution in [-0.2, 0) is 4.79 Å². The fourth-order valence-corrected chi connectivity index (χ4v) is 2.38. The van der Waals surface area contributed by atoms with Crippen molar-refractivity contribution in [1.29, 1.82) is 0 Å². The molecule has 2 heterocycles. The lowest BCUT2D eigenvalue weighted by Crippen LogP contribution is -2.45. The Balaban J connectivity index is 2.16. The normalized spacial score (nSPS) is 23.2. The minimum Gasteiger partial charge on any atom is -0.480 e. The van der Waals surface area contributed by atoms with Gasteiger partial charge in [-0.2, -0.15) is 0 Å². The molecular formula is C12H17N3O2. The second-order valence-corrected chi connectivity index (χ2v) is 4.39. The van der Waals surface area contributed by atoms with Gasteiger partial charge in [-0.1, -0.05) is 6.42 Å². The summed E-state index contributed by atoms with van der Waals surface area (Å²) in [6.07, 6.45) is 7.74. The molecule has 1 aliphatic rings. The van der Waals surface area contributed by atoms with Crippen LogP contribution >= 0.6 is 0 Å². The highest BCUT2D eigenvalue weighted by Crippen LogP contribution is 2.26. The van der Waals surface area contributed by atoms with E-state index in [1.807, 2.05) is 11.8 Å². The number of carboxylic acid groups (broad SMARTS) is 1. The van der Waals surface area contributed by atoms with Gasteiger partial charge in [0, 0.05) is 18.6 Å². The molecule has 0 radical (unpaired) electrons. The van der Waals surface area contributed by atoms with Crippen LogP contribution in [0.3, 0.4) is 0 Å². The average Bonchev–Trinajstić information content (AvgIpc) is 2.39. The van der Waals surface area contributed by atoms with Crippen LogP contribution in [0, 0.1) is 0 Å². The molecule has 92 valence electrons. The maximum atomic E-state index is 11.2. The Morgan fingerprint density at radius 1 is 1.53 bits per heavy atom. The summed E-state index contributed by atoms with van der Waals surface area (Å²) in [6.45, 7) is 2.81. The summed E-state index contributed by atoms with van der Waals surface area (Å²) in [5.41, 5.74) is 0.834. The molecule has 5 heteroatoms. The van der Waals surface area contributed by atoms with E-state index in [1.165, 1.54) is 0 Å². The summed E-state index contributed by atoms with van der Waals surface area (Å²) in [5.74, 6) is -0.736. The van der Waals surface area contributed by atoms with Crippen LogP contribution in [0.15, 0.2) is 18.6 Å². The van der Waals surface area contributed by atoms with E-state index >= 15 is 0 Å². The molecule has 0 aliphatic carbocycles. The van der Waals surface area contributed by atoms with Crippen LogP contribution in [0.25, 0.3) is 0 Å². The molecule has 1 N–H and O–H groups in total.